The van der Waals surface area contributed by atoms with Gasteiger partial charge in [-0.05, 0) is 45.1 Å². The number of aliphatic hydroxyl groups is 1. The fourth-order valence-electron chi connectivity index (χ4n) is 4.30. The summed E-state index contributed by atoms with van der Waals surface area (Å²) in [4.78, 5) is 7.26. The van der Waals surface area contributed by atoms with E-state index in [-0.39, 0.29) is 0 Å². The summed E-state index contributed by atoms with van der Waals surface area (Å²) < 4.78 is 0. The molecule has 0 spiro atoms. The summed E-state index contributed by atoms with van der Waals surface area (Å²) >= 11 is 0. The number of rotatable bonds is 6. The Kier molecular flexibility index (Phi) is 7.13. The average molecular weight is 373 g/mol. The molecule has 1 unspecified atom stereocenters. The summed E-state index contributed by atoms with van der Waals surface area (Å²) in [5, 5.41) is 17.5. The first-order chi connectivity index (χ1) is 13.1. The van der Waals surface area contributed by atoms with Gasteiger partial charge in [0.25, 0.3) is 0 Å². The second-order valence-corrected chi connectivity index (χ2v) is 8.17. The van der Waals surface area contributed by atoms with E-state index in [1.165, 1.54) is 5.56 Å². The summed E-state index contributed by atoms with van der Waals surface area (Å²) in [6.07, 6.45) is 6.23. The standard InChI is InChI=1S/C22H36N4O/c1-3-23-21(24-17-22(27)13-7-8-14-22)25-20-11-15-26(16-12-20)18(2)19-9-5-4-6-10-19/h4-6,9-10,18,20,27H,3,7-8,11-17H2,1-2H3,(H2,23,24,25). The molecule has 150 valence electrons. The van der Waals surface area contributed by atoms with Crippen molar-refractivity contribution in [2.24, 2.45) is 4.99 Å². The molecule has 1 aliphatic carbocycles. The molecule has 1 heterocycles. The lowest BCUT2D eigenvalue weighted by Gasteiger charge is -2.37. The smallest absolute Gasteiger partial charge is 0.191 e. The fourth-order valence-corrected chi connectivity index (χ4v) is 4.30. The molecule has 2 aliphatic rings. The van der Waals surface area contributed by atoms with Crippen LogP contribution >= 0.6 is 0 Å². The molecule has 1 aromatic rings. The molecule has 1 atom stereocenters. The summed E-state index contributed by atoms with van der Waals surface area (Å²) in [5.41, 5.74) is 0.806. The number of nitrogens with one attached hydrogen (secondary N) is 2. The molecule has 3 rings (SSSR count). The van der Waals surface area contributed by atoms with Crippen LogP contribution < -0.4 is 10.6 Å². The lowest BCUT2D eigenvalue weighted by atomic mass is 10.0. The van der Waals surface area contributed by atoms with E-state index in [0.717, 1.165) is 64.1 Å². The van der Waals surface area contributed by atoms with Crippen LogP contribution in [0.5, 0.6) is 0 Å². The van der Waals surface area contributed by atoms with Crippen LogP contribution in [-0.2, 0) is 0 Å². The Morgan fingerprint density at radius 1 is 1.22 bits per heavy atom. The van der Waals surface area contributed by atoms with Gasteiger partial charge in [-0.2, -0.15) is 0 Å². The highest BCUT2D eigenvalue weighted by Crippen LogP contribution is 2.29. The van der Waals surface area contributed by atoms with Gasteiger partial charge in [-0.3, -0.25) is 9.89 Å². The van der Waals surface area contributed by atoms with E-state index in [9.17, 15) is 5.11 Å². The summed E-state index contributed by atoms with van der Waals surface area (Å²) in [6.45, 7) is 7.93. The number of likely N-dealkylation sites (tertiary alicyclic amines) is 1. The molecule has 2 fully saturated rings. The fraction of sp³-hybridized carbons (Fsp3) is 0.682. The van der Waals surface area contributed by atoms with Crippen LogP contribution in [0.1, 0.15) is 64.0 Å². The van der Waals surface area contributed by atoms with Gasteiger partial charge in [0.1, 0.15) is 0 Å². The second kappa shape index (κ2) is 9.56. The molecular weight excluding hydrogens is 336 g/mol. The van der Waals surface area contributed by atoms with Gasteiger partial charge in [0.15, 0.2) is 5.96 Å². The Morgan fingerprint density at radius 2 is 1.89 bits per heavy atom. The molecule has 3 N–H and O–H groups in total. The van der Waals surface area contributed by atoms with Gasteiger partial charge in [0.05, 0.1) is 12.1 Å². The first kappa shape index (κ1) is 20.2. The zero-order chi connectivity index (χ0) is 19.1. The molecule has 1 aliphatic heterocycles. The van der Waals surface area contributed by atoms with E-state index < -0.39 is 5.60 Å². The van der Waals surface area contributed by atoms with Crippen molar-refractivity contribution in [1.82, 2.24) is 15.5 Å². The maximum Gasteiger partial charge on any atom is 0.191 e. The third-order valence-electron chi connectivity index (χ3n) is 6.11. The third kappa shape index (κ3) is 5.69. The lowest BCUT2D eigenvalue weighted by molar-refractivity contribution is 0.0573. The highest BCUT2D eigenvalue weighted by Gasteiger charge is 2.31. The highest BCUT2D eigenvalue weighted by molar-refractivity contribution is 5.80. The second-order valence-electron chi connectivity index (χ2n) is 8.17. The molecule has 0 aromatic heterocycles. The highest BCUT2D eigenvalue weighted by atomic mass is 16.3. The van der Waals surface area contributed by atoms with Crippen LogP contribution in [0.3, 0.4) is 0 Å². The Morgan fingerprint density at radius 3 is 2.52 bits per heavy atom. The van der Waals surface area contributed by atoms with Crippen LogP contribution in [0.15, 0.2) is 35.3 Å². The summed E-state index contributed by atoms with van der Waals surface area (Å²) in [5.74, 6) is 0.854. The molecule has 5 nitrogen and oxygen atoms in total. The van der Waals surface area contributed by atoms with E-state index in [0.29, 0.717) is 18.6 Å². The minimum atomic E-state index is -0.586. The molecule has 1 saturated heterocycles. The van der Waals surface area contributed by atoms with Crippen molar-refractivity contribution in [2.45, 2.75) is 70.1 Å². The van der Waals surface area contributed by atoms with Gasteiger partial charge >= 0.3 is 0 Å². The number of nitrogens with zero attached hydrogens (tertiary/aromatic N) is 2. The number of aliphatic imine (C=N–C) groups is 1. The third-order valence-corrected chi connectivity index (χ3v) is 6.11. The zero-order valence-electron chi connectivity index (χ0n) is 17.0. The molecule has 5 heteroatoms. The van der Waals surface area contributed by atoms with E-state index in [2.05, 4.69) is 59.7 Å². The van der Waals surface area contributed by atoms with E-state index in [4.69, 9.17) is 4.99 Å². The minimum absolute atomic E-state index is 0.445. The normalized spacial score (nSPS) is 22.6. The Balaban J connectivity index is 1.50. The average Bonchev–Trinajstić information content (AvgIpc) is 3.14. The lowest BCUT2D eigenvalue weighted by Crippen LogP contribution is -2.49. The number of piperidine rings is 1. The largest absolute Gasteiger partial charge is 0.388 e. The first-order valence-electron chi connectivity index (χ1n) is 10.7. The van der Waals surface area contributed by atoms with E-state index in [1.54, 1.807) is 0 Å². The maximum atomic E-state index is 10.5. The van der Waals surface area contributed by atoms with Crippen molar-refractivity contribution in [3.8, 4) is 0 Å². The predicted molar refractivity (Wildman–Crippen MR) is 112 cm³/mol. The first-order valence-corrected chi connectivity index (χ1v) is 10.7. The van der Waals surface area contributed by atoms with Crippen molar-refractivity contribution < 1.29 is 5.11 Å². The molecule has 0 bridgehead atoms. The SMILES string of the molecule is CCNC(=NCC1(O)CCCC1)NC1CCN(C(C)c2ccccc2)CC1. The Hall–Kier alpha value is -1.59. The van der Waals surface area contributed by atoms with Gasteiger partial charge in [-0.25, -0.2) is 0 Å². The van der Waals surface area contributed by atoms with Crippen LogP contribution in [0, 0.1) is 0 Å². The van der Waals surface area contributed by atoms with Gasteiger partial charge in [-0.15, -0.1) is 0 Å². The Bertz CT molecular complexity index is 590. The number of hydrogen-bond donors (Lipinski definition) is 3. The number of hydrogen-bond acceptors (Lipinski definition) is 3. The van der Waals surface area contributed by atoms with Crippen molar-refractivity contribution in [2.75, 3.05) is 26.2 Å². The zero-order valence-corrected chi connectivity index (χ0v) is 17.0. The van der Waals surface area contributed by atoms with Crippen LogP contribution in [-0.4, -0.2) is 53.8 Å². The van der Waals surface area contributed by atoms with Gasteiger partial charge < -0.3 is 15.7 Å². The van der Waals surface area contributed by atoms with Crippen LogP contribution in [0.4, 0.5) is 0 Å². The van der Waals surface area contributed by atoms with Crippen molar-refractivity contribution >= 4 is 5.96 Å². The minimum Gasteiger partial charge on any atom is -0.388 e. The molecule has 1 aromatic carbocycles. The van der Waals surface area contributed by atoms with Crippen molar-refractivity contribution in [1.29, 1.82) is 0 Å². The van der Waals surface area contributed by atoms with Crippen molar-refractivity contribution in [3.63, 3.8) is 0 Å². The van der Waals surface area contributed by atoms with Gasteiger partial charge in [0, 0.05) is 31.7 Å². The van der Waals surface area contributed by atoms with Gasteiger partial charge in [0.2, 0.25) is 0 Å². The number of guanidine groups is 1. The summed E-state index contributed by atoms with van der Waals surface area (Å²) in [6, 6.07) is 11.7. The quantitative estimate of drug-likeness (QED) is 0.531. The van der Waals surface area contributed by atoms with Gasteiger partial charge in [-0.1, -0.05) is 43.2 Å². The molecule has 1 saturated carbocycles. The van der Waals surface area contributed by atoms with Crippen LogP contribution in [0.25, 0.3) is 0 Å². The topological polar surface area (TPSA) is 59.9 Å². The Labute approximate surface area is 164 Å². The maximum absolute atomic E-state index is 10.5. The van der Waals surface area contributed by atoms with Crippen LogP contribution in [0.2, 0.25) is 0 Å². The summed E-state index contributed by atoms with van der Waals surface area (Å²) in [7, 11) is 0. The predicted octanol–water partition coefficient (Wildman–Crippen LogP) is 3.07. The van der Waals surface area contributed by atoms with Crippen molar-refractivity contribution in [3.05, 3.63) is 35.9 Å². The number of benzene rings is 1. The van der Waals surface area contributed by atoms with E-state index in [1.807, 2.05) is 0 Å². The monoisotopic (exact) mass is 372 g/mol. The molecule has 27 heavy (non-hydrogen) atoms. The molecule has 0 radical (unpaired) electrons. The van der Waals surface area contributed by atoms with E-state index >= 15 is 0 Å². The molecule has 0 amide bonds. The molecular formula is C22H36N4O.